The van der Waals surface area contributed by atoms with E-state index in [1.807, 2.05) is 0 Å². The second-order valence-electron chi connectivity index (χ2n) is 2.67. The zero-order chi connectivity index (χ0) is 10.6. The average molecular weight is 212 g/mol. The number of halogens is 1. The normalized spacial score (nSPS) is 10.6. The summed E-state index contributed by atoms with van der Waals surface area (Å²) in [6.45, 7) is 0. The number of carbonyl (C=O) groups is 1. The Labute approximate surface area is 86.8 Å². The number of carboxylic acid groups (broad SMARTS) is 1. The van der Waals surface area contributed by atoms with Gasteiger partial charge in [-0.15, -0.1) is 11.6 Å². The highest BCUT2D eigenvalue weighted by atomic mass is 35.5. The van der Waals surface area contributed by atoms with Crippen LogP contribution in [0, 0.1) is 0 Å². The minimum absolute atomic E-state index is 0.186. The first-order valence-electron chi connectivity index (χ1n) is 4.01. The molecule has 0 aliphatic rings. The number of allylic oxidation sites excluding steroid dienone is 1. The van der Waals surface area contributed by atoms with E-state index in [9.17, 15) is 4.79 Å². The topological polar surface area (TPSA) is 63.3 Å². The molecule has 0 aliphatic heterocycles. The van der Waals surface area contributed by atoms with Crippen LogP contribution >= 0.6 is 11.6 Å². The average Bonchev–Trinajstić information content (AvgIpc) is 2.15. The van der Waals surface area contributed by atoms with Gasteiger partial charge in [0.2, 0.25) is 0 Å². The van der Waals surface area contributed by atoms with Gasteiger partial charge >= 0.3 is 5.97 Å². The molecule has 0 saturated carbocycles. The molecule has 0 aliphatic carbocycles. The zero-order valence-corrected chi connectivity index (χ0v) is 8.16. The lowest BCUT2D eigenvalue weighted by Crippen LogP contribution is -2.02. The summed E-state index contributed by atoms with van der Waals surface area (Å²) in [5.74, 6) is -0.667. The molecule has 0 saturated heterocycles. The number of carboxylic acids is 1. The van der Waals surface area contributed by atoms with Gasteiger partial charge in [-0.1, -0.05) is 18.2 Å². The maximum Gasteiger partial charge on any atom is 0.336 e. The summed E-state index contributed by atoms with van der Waals surface area (Å²) in [5.41, 5.74) is 6.77. The van der Waals surface area contributed by atoms with Crippen LogP contribution in [-0.2, 0) is 0 Å². The molecule has 1 aromatic carbocycles. The molecular weight excluding hydrogens is 202 g/mol. The minimum Gasteiger partial charge on any atom is -0.478 e. The minimum atomic E-state index is -0.994. The smallest absolute Gasteiger partial charge is 0.336 e. The maximum absolute atomic E-state index is 10.8. The van der Waals surface area contributed by atoms with Gasteiger partial charge in [0.05, 0.1) is 5.56 Å². The number of rotatable bonds is 3. The number of nitrogen functional groups attached to an aromatic ring is 1. The van der Waals surface area contributed by atoms with Crippen molar-refractivity contribution in [1.29, 1.82) is 0 Å². The Kier molecular flexibility index (Phi) is 3.54. The number of nitrogens with two attached hydrogens (primary N) is 1. The lowest BCUT2D eigenvalue weighted by molar-refractivity contribution is 0.0696. The van der Waals surface area contributed by atoms with E-state index in [-0.39, 0.29) is 5.56 Å². The molecule has 0 heterocycles. The first-order chi connectivity index (χ1) is 6.66. The second-order valence-corrected chi connectivity index (χ2v) is 2.98. The van der Waals surface area contributed by atoms with Crippen molar-refractivity contribution in [3.8, 4) is 0 Å². The van der Waals surface area contributed by atoms with E-state index < -0.39 is 5.97 Å². The highest BCUT2D eigenvalue weighted by Crippen LogP contribution is 2.18. The van der Waals surface area contributed by atoms with Crippen molar-refractivity contribution in [2.24, 2.45) is 0 Å². The highest BCUT2D eigenvalue weighted by molar-refractivity contribution is 6.19. The Hall–Kier alpha value is -1.48. The summed E-state index contributed by atoms with van der Waals surface area (Å²) in [6, 6.07) is 4.77. The van der Waals surface area contributed by atoms with Crippen LogP contribution in [0.1, 0.15) is 15.9 Å². The molecular formula is C10H10ClNO2. The van der Waals surface area contributed by atoms with E-state index in [2.05, 4.69) is 0 Å². The molecule has 0 amide bonds. The molecule has 0 bridgehead atoms. The third kappa shape index (κ3) is 2.26. The highest BCUT2D eigenvalue weighted by Gasteiger charge is 2.09. The van der Waals surface area contributed by atoms with Crippen molar-refractivity contribution in [2.75, 3.05) is 11.6 Å². The number of anilines is 1. The molecule has 1 rings (SSSR count). The third-order valence-corrected chi connectivity index (χ3v) is 1.92. The van der Waals surface area contributed by atoms with E-state index in [0.717, 1.165) is 0 Å². The first-order valence-corrected chi connectivity index (χ1v) is 4.54. The molecule has 3 N–H and O–H groups in total. The number of aromatic carboxylic acids is 1. The van der Waals surface area contributed by atoms with E-state index in [1.54, 1.807) is 24.3 Å². The Morgan fingerprint density at radius 3 is 2.86 bits per heavy atom. The van der Waals surface area contributed by atoms with E-state index >= 15 is 0 Å². The van der Waals surface area contributed by atoms with Gasteiger partial charge in [0, 0.05) is 17.1 Å². The summed E-state index contributed by atoms with van der Waals surface area (Å²) in [4.78, 5) is 10.8. The first kappa shape index (κ1) is 10.6. The predicted molar refractivity (Wildman–Crippen MR) is 57.6 cm³/mol. The van der Waals surface area contributed by atoms with Crippen LogP contribution in [0.25, 0.3) is 6.08 Å². The van der Waals surface area contributed by atoms with Gasteiger partial charge in [-0.05, 0) is 12.1 Å². The standard InChI is InChI=1S/C10H10ClNO2/c11-6-2-4-7-8(10(13)14)3-1-5-9(7)12/h1-5H,6,12H2,(H,13,14). The molecule has 3 nitrogen and oxygen atoms in total. The fourth-order valence-corrected chi connectivity index (χ4v) is 1.21. The van der Waals surface area contributed by atoms with Crippen molar-refractivity contribution in [1.82, 2.24) is 0 Å². The molecule has 0 unspecified atom stereocenters. The predicted octanol–water partition coefficient (Wildman–Crippen LogP) is 2.22. The molecule has 0 aromatic heterocycles. The number of hydrogen-bond acceptors (Lipinski definition) is 2. The van der Waals surface area contributed by atoms with E-state index in [0.29, 0.717) is 17.1 Å². The van der Waals surface area contributed by atoms with Gasteiger partial charge in [-0.25, -0.2) is 4.79 Å². The van der Waals surface area contributed by atoms with E-state index in [1.165, 1.54) is 6.07 Å². The van der Waals surface area contributed by atoms with Crippen molar-refractivity contribution >= 4 is 29.3 Å². The molecule has 14 heavy (non-hydrogen) atoms. The van der Waals surface area contributed by atoms with Crippen LogP contribution in [0.4, 0.5) is 5.69 Å². The zero-order valence-electron chi connectivity index (χ0n) is 7.40. The lowest BCUT2D eigenvalue weighted by Gasteiger charge is -2.04. The third-order valence-electron chi connectivity index (χ3n) is 1.74. The largest absolute Gasteiger partial charge is 0.478 e. The molecule has 0 radical (unpaired) electrons. The van der Waals surface area contributed by atoms with Crippen molar-refractivity contribution in [2.45, 2.75) is 0 Å². The second kappa shape index (κ2) is 4.67. The number of hydrogen-bond donors (Lipinski definition) is 2. The lowest BCUT2D eigenvalue weighted by atomic mass is 10.1. The quantitative estimate of drug-likeness (QED) is 0.595. The molecule has 1 aromatic rings. The fourth-order valence-electron chi connectivity index (χ4n) is 1.12. The van der Waals surface area contributed by atoms with Gasteiger partial charge in [0.25, 0.3) is 0 Å². The summed E-state index contributed by atoms with van der Waals surface area (Å²) in [6.07, 6.45) is 3.27. The van der Waals surface area contributed by atoms with Crippen LogP contribution in [0.2, 0.25) is 0 Å². The molecule has 0 atom stereocenters. The fraction of sp³-hybridized carbons (Fsp3) is 0.100. The van der Waals surface area contributed by atoms with E-state index in [4.69, 9.17) is 22.4 Å². The molecule has 4 heteroatoms. The Balaban J connectivity index is 3.22. The van der Waals surface area contributed by atoms with Gasteiger partial charge in [-0.2, -0.15) is 0 Å². The summed E-state index contributed by atoms with van der Waals surface area (Å²) in [7, 11) is 0. The maximum atomic E-state index is 10.8. The van der Waals surface area contributed by atoms with Gasteiger partial charge in [0.1, 0.15) is 0 Å². The van der Waals surface area contributed by atoms with Crippen LogP contribution in [0.15, 0.2) is 24.3 Å². The SMILES string of the molecule is Nc1cccc(C(=O)O)c1C=CCCl. The number of alkyl halides is 1. The van der Waals surface area contributed by atoms with Gasteiger partial charge < -0.3 is 10.8 Å². The Morgan fingerprint density at radius 2 is 2.29 bits per heavy atom. The summed E-state index contributed by atoms with van der Waals surface area (Å²) < 4.78 is 0. The summed E-state index contributed by atoms with van der Waals surface area (Å²) in [5, 5.41) is 8.87. The molecule has 0 fully saturated rings. The Morgan fingerprint density at radius 1 is 1.57 bits per heavy atom. The molecule has 0 spiro atoms. The van der Waals surface area contributed by atoms with Crippen molar-refractivity contribution in [3.63, 3.8) is 0 Å². The van der Waals surface area contributed by atoms with Gasteiger partial charge in [-0.3, -0.25) is 0 Å². The van der Waals surface area contributed by atoms with Crippen LogP contribution in [0.3, 0.4) is 0 Å². The Bertz CT molecular complexity index is 374. The van der Waals surface area contributed by atoms with Gasteiger partial charge in [0.15, 0.2) is 0 Å². The molecule has 74 valence electrons. The monoisotopic (exact) mass is 211 g/mol. The van der Waals surface area contributed by atoms with Crippen molar-refractivity contribution < 1.29 is 9.90 Å². The van der Waals surface area contributed by atoms with Crippen molar-refractivity contribution in [3.05, 3.63) is 35.4 Å². The van der Waals surface area contributed by atoms with Crippen LogP contribution < -0.4 is 5.73 Å². The van der Waals surface area contributed by atoms with Crippen LogP contribution in [-0.4, -0.2) is 17.0 Å². The summed E-state index contributed by atoms with van der Waals surface area (Å²) >= 11 is 5.46. The number of benzene rings is 1. The van der Waals surface area contributed by atoms with Crippen LogP contribution in [0.5, 0.6) is 0 Å².